The van der Waals surface area contributed by atoms with Gasteiger partial charge in [0.1, 0.15) is 11.2 Å². The molecule has 0 spiro atoms. The molecule has 3 aromatic heterocycles. The third kappa shape index (κ3) is 2.62. The van der Waals surface area contributed by atoms with E-state index < -0.39 is 29.9 Å². The summed E-state index contributed by atoms with van der Waals surface area (Å²) in [6, 6.07) is -0.222. The van der Waals surface area contributed by atoms with E-state index in [2.05, 4.69) is 10.1 Å². The highest BCUT2D eigenvalue weighted by Crippen LogP contribution is 2.34. The normalized spacial score (nSPS) is 14.6. The molecule has 0 amide bonds. The lowest BCUT2D eigenvalue weighted by Crippen LogP contribution is -2.40. The van der Waals surface area contributed by atoms with Crippen LogP contribution in [-0.2, 0) is 13.1 Å². The van der Waals surface area contributed by atoms with Crippen molar-refractivity contribution in [3.63, 3.8) is 0 Å². The first-order chi connectivity index (χ1) is 12.4. The molecule has 0 atom stereocenters. The number of nitrogens with zero attached hydrogens (tertiary/aromatic N) is 4. The molecule has 0 aromatic carbocycles. The molecule has 0 radical (unpaired) electrons. The van der Waals surface area contributed by atoms with Gasteiger partial charge in [0.2, 0.25) is 0 Å². The molecular formula is C15H15F2N5O3S. The molecule has 0 aliphatic heterocycles. The SMILES string of the molecule is Cc1c(Cn2nc[nH]c2=O)sc2c1c(=O)n(C1CC1)c(=O)n2CC(F)F. The van der Waals surface area contributed by atoms with E-state index in [9.17, 15) is 23.2 Å². The lowest BCUT2D eigenvalue weighted by Gasteiger charge is -2.11. The Morgan fingerprint density at radius 2 is 2.08 bits per heavy atom. The van der Waals surface area contributed by atoms with Gasteiger partial charge < -0.3 is 0 Å². The predicted molar refractivity (Wildman–Crippen MR) is 91.3 cm³/mol. The fourth-order valence-electron chi connectivity index (χ4n) is 3.04. The first-order valence-corrected chi connectivity index (χ1v) is 8.86. The van der Waals surface area contributed by atoms with Crippen molar-refractivity contribution in [2.75, 3.05) is 0 Å². The van der Waals surface area contributed by atoms with E-state index in [-0.39, 0.29) is 22.8 Å². The van der Waals surface area contributed by atoms with E-state index in [0.717, 1.165) is 20.5 Å². The Hall–Kier alpha value is -2.56. The van der Waals surface area contributed by atoms with Gasteiger partial charge in [-0.05, 0) is 25.3 Å². The van der Waals surface area contributed by atoms with E-state index in [1.165, 1.54) is 11.0 Å². The first kappa shape index (κ1) is 16.9. The summed E-state index contributed by atoms with van der Waals surface area (Å²) in [5.41, 5.74) is -0.980. The summed E-state index contributed by atoms with van der Waals surface area (Å²) in [4.78, 5) is 40.4. The lowest BCUT2D eigenvalue weighted by molar-refractivity contribution is 0.126. The second-order valence-electron chi connectivity index (χ2n) is 6.27. The van der Waals surface area contributed by atoms with Gasteiger partial charge in [0, 0.05) is 10.9 Å². The van der Waals surface area contributed by atoms with Gasteiger partial charge in [-0.25, -0.2) is 23.1 Å². The smallest absolute Gasteiger partial charge is 0.295 e. The van der Waals surface area contributed by atoms with E-state index in [4.69, 9.17) is 0 Å². The number of aromatic amines is 1. The molecule has 138 valence electrons. The average Bonchev–Trinajstić information content (AvgIpc) is 3.24. The Kier molecular flexibility index (Phi) is 3.90. The topological polar surface area (TPSA) is 94.7 Å². The molecule has 1 N–H and O–H groups in total. The molecule has 0 bridgehead atoms. The van der Waals surface area contributed by atoms with Crippen molar-refractivity contribution in [3.8, 4) is 0 Å². The largest absolute Gasteiger partial charge is 0.343 e. The van der Waals surface area contributed by atoms with Crippen LogP contribution in [-0.4, -0.2) is 30.3 Å². The Bertz CT molecular complexity index is 1160. The van der Waals surface area contributed by atoms with E-state index >= 15 is 0 Å². The quantitative estimate of drug-likeness (QED) is 0.713. The van der Waals surface area contributed by atoms with Gasteiger partial charge in [-0.1, -0.05) is 0 Å². The van der Waals surface area contributed by atoms with Crippen LogP contribution in [0.4, 0.5) is 8.78 Å². The number of aromatic nitrogens is 5. The number of hydrogen-bond acceptors (Lipinski definition) is 5. The highest BCUT2D eigenvalue weighted by Gasteiger charge is 2.31. The molecule has 3 aromatic rings. The van der Waals surface area contributed by atoms with Crippen molar-refractivity contribution in [3.05, 3.63) is 48.1 Å². The number of rotatable bonds is 5. The maximum absolute atomic E-state index is 13.0. The van der Waals surface area contributed by atoms with Crippen molar-refractivity contribution in [1.29, 1.82) is 0 Å². The van der Waals surface area contributed by atoms with Crippen molar-refractivity contribution in [2.45, 2.75) is 45.3 Å². The van der Waals surface area contributed by atoms with Crippen LogP contribution < -0.4 is 16.9 Å². The summed E-state index contributed by atoms with van der Waals surface area (Å²) in [7, 11) is 0. The second kappa shape index (κ2) is 6.01. The highest BCUT2D eigenvalue weighted by molar-refractivity contribution is 7.18. The van der Waals surface area contributed by atoms with Crippen molar-refractivity contribution >= 4 is 21.6 Å². The minimum absolute atomic E-state index is 0.0965. The maximum atomic E-state index is 13.0. The average molecular weight is 383 g/mol. The third-order valence-corrected chi connectivity index (χ3v) is 5.79. The van der Waals surface area contributed by atoms with Crippen molar-refractivity contribution in [2.24, 2.45) is 0 Å². The maximum Gasteiger partial charge on any atom is 0.343 e. The predicted octanol–water partition coefficient (Wildman–Crippen LogP) is 1.07. The summed E-state index contributed by atoms with van der Waals surface area (Å²) in [5, 5.41) is 4.14. The molecule has 0 unspecified atom stereocenters. The van der Waals surface area contributed by atoms with Gasteiger partial charge in [0.25, 0.3) is 12.0 Å². The standard InChI is InChI=1S/C15H15F2N5O3S/c1-7-9(4-21-14(24)18-6-19-21)26-13-11(7)12(23)22(8-2-3-8)15(25)20(13)5-10(16)17/h6,8,10H,2-5H2,1H3,(H,18,19,24). The molecule has 1 aliphatic rings. The Morgan fingerprint density at radius 1 is 1.35 bits per heavy atom. The third-order valence-electron chi connectivity index (χ3n) is 4.49. The molecular weight excluding hydrogens is 368 g/mol. The minimum Gasteiger partial charge on any atom is -0.295 e. The summed E-state index contributed by atoms with van der Waals surface area (Å²) in [6.07, 6.45) is -0.0966. The number of hydrogen-bond donors (Lipinski definition) is 1. The van der Waals surface area contributed by atoms with E-state index in [1.807, 2.05) is 0 Å². The number of aryl methyl sites for hydroxylation is 1. The Balaban J connectivity index is 1.98. The monoisotopic (exact) mass is 383 g/mol. The van der Waals surface area contributed by atoms with Crippen LogP contribution in [0.5, 0.6) is 0 Å². The van der Waals surface area contributed by atoms with Crippen molar-refractivity contribution < 1.29 is 8.78 Å². The number of fused-ring (bicyclic) bond motifs is 1. The molecule has 0 saturated heterocycles. The summed E-state index contributed by atoms with van der Waals surface area (Å²) < 4.78 is 29.3. The number of H-pyrrole nitrogens is 1. The van der Waals surface area contributed by atoms with Gasteiger partial charge in [-0.15, -0.1) is 11.3 Å². The highest BCUT2D eigenvalue weighted by atomic mass is 32.1. The van der Waals surface area contributed by atoms with Gasteiger partial charge in [-0.2, -0.15) is 5.10 Å². The van der Waals surface area contributed by atoms with Crippen LogP contribution in [0.2, 0.25) is 0 Å². The molecule has 4 rings (SSSR count). The van der Waals surface area contributed by atoms with Crippen LogP contribution >= 0.6 is 11.3 Å². The molecule has 1 saturated carbocycles. The van der Waals surface area contributed by atoms with Crippen LogP contribution in [0.15, 0.2) is 20.7 Å². The zero-order chi connectivity index (χ0) is 18.6. The molecule has 11 heteroatoms. The zero-order valence-electron chi connectivity index (χ0n) is 13.7. The number of nitrogens with one attached hydrogen (secondary N) is 1. The van der Waals surface area contributed by atoms with Gasteiger partial charge in [-0.3, -0.25) is 18.9 Å². The van der Waals surface area contributed by atoms with Gasteiger partial charge >= 0.3 is 11.4 Å². The van der Waals surface area contributed by atoms with Gasteiger partial charge in [0.15, 0.2) is 0 Å². The van der Waals surface area contributed by atoms with E-state index in [0.29, 0.717) is 23.3 Å². The number of halogens is 2. The zero-order valence-corrected chi connectivity index (χ0v) is 14.6. The Labute approximate surface area is 148 Å². The lowest BCUT2D eigenvalue weighted by atomic mass is 10.2. The Morgan fingerprint density at radius 3 is 2.65 bits per heavy atom. The molecule has 26 heavy (non-hydrogen) atoms. The van der Waals surface area contributed by atoms with Crippen LogP contribution in [0.3, 0.4) is 0 Å². The fraction of sp³-hybridized carbons (Fsp3) is 0.467. The van der Waals surface area contributed by atoms with Crippen LogP contribution in [0, 0.1) is 6.92 Å². The van der Waals surface area contributed by atoms with E-state index in [1.54, 1.807) is 6.92 Å². The van der Waals surface area contributed by atoms with Crippen molar-refractivity contribution in [1.82, 2.24) is 23.9 Å². The minimum atomic E-state index is -2.72. The summed E-state index contributed by atoms with van der Waals surface area (Å²) >= 11 is 1.07. The fourth-order valence-corrected chi connectivity index (χ4v) is 4.32. The second-order valence-corrected chi connectivity index (χ2v) is 7.36. The molecule has 1 aliphatic carbocycles. The molecule has 1 fully saturated rings. The first-order valence-electron chi connectivity index (χ1n) is 8.04. The molecule has 3 heterocycles. The van der Waals surface area contributed by atoms with Crippen LogP contribution in [0.25, 0.3) is 10.2 Å². The summed E-state index contributed by atoms with van der Waals surface area (Å²) in [6.45, 7) is 1.02. The van der Waals surface area contributed by atoms with Gasteiger partial charge in [0.05, 0.1) is 18.5 Å². The summed E-state index contributed by atoms with van der Waals surface area (Å²) in [5.74, 6) is 0. The molecule has 8 nitrogen and oxygen atoms in total. The number of alkyl halides is 2. The number of thiophene rings is 1. The van der Waals surface area contributed by atoms with Crippen LogP contribution in [0.1, 0.15) is 29.3 Å².